The van der Waals surface area contributed by atoms with Gasteiger partial charge in [0.2, 0.25) is 0 Å². The van der Waals surface area contributed by atoms with E-state index in [1.807, 2.05) is 6.07 Å². The van der Waals surface area contributed by atoms with Crippen LogP contribution in [0.2, 0.25) is 0 Å². The highest BCUT2D eigenvalue weighted by Gasteiger charge is 2.12. The average molecular weight is 296 g/mol. The quantitative estimate of drug-likeness (QED) is 0.527. The summed E-state index contributed by atoms with van der Waals surface area (Å²) in [7, 11) is 0. The molecule has 6 heteroatoms. The Morgan fingerprint density at radius 1 is 1.59 bits per heavy atom. The summed E-state index contributed by atoms with van der Waals surface area (Å²) in [5.41, 5.74) is 6.92. The van der Waals surface area contributed by atoms with Crippen LogP contribution in [0.25, 0.3) is 5.70 Å². The SMILES string of the molecule is CC/C(C#N)=C(/N)c1cc(Br)cc([N+](=O)[O-])c1. The third kappa shape index (κ3) is 3.04. The lowest BCUT2D eigenvalue weighted by molar-refractivity contribution is -0.384. The van der Waals surface area contributed by atoms with Crippen LogP contribution in [-0.2, 0) is 0 Å². The molecule has 0 fully saturated rings. The lowest BCUT2D eigenvalue weighted by atomic mass is 10.1. The molecular weight excluding hydrogens is 286 g/mol. The minimum absolute atomic E-state index is 0.0642. The predicted octanol–water partition coefficient (Wildman–Crippen LogP) is 2.96. The molecule has 0 bridgehead atoms. The number of hydrogen-bond acceptors (Lipinski definition) is 4. The van der Waals surface area contributed by atoms with Gasteiger partial charge in [-0.25, -0.2) is 0 Å². The van der Waals surface area contributed by atoms with Gasteiger partial charge in [-0.15, -0.1) is 0 Å². The number of hydrogen-bond donors (Lipinski definition) is 1. The molecule has 5 nitrogen and oxygen atoms in total. The molecule has 0 amide bonds. The molecule has 0 heterocycles. The zero-order valence-corrected chi connectivity index (χ0v) is 10.7. The van der Waals surface area contributed by atoms with Crippen LogP contribution in [-0.4, -0.2) is 4.92 Å². The number of allylic oxidation sites excluding steroid dienone is 1. The first-order chi connectivity index (χ1) is 7.99. The van der Waals surface area contributed by atoms with Crippen molar-refractivity contribution in [3.8, 4) is 6.07 Å². The fourth-order valence-electron chi connectivity index (χ4n) is 1.34. The molecule has 0 saturated carbocycles. The lowest BCUT2D eigenvalue weighted by Crippen LogP contribution is -2.01. The van der Waals surface area contributed by atoms with Gasteiger partial charge in [0.25, 0.3) is 5.69 Å². The Labute approximate surface area is 107 Å². The molecule has 0 spiro atoms. The summed E-state index contributed by atoms with van der Waals surface area (Å²) < 4.78 is 0.554. The van der Waals surface area contributed by atoms with Crippen molar-refractivity contribution in [1.82, 2.24) is 0 Å². The monoisotopic (exact) mass is 295 g/mol. The van der Waals surface area contributed by atoms with Crippen LogP contribution in [0.3, 0.4) is 0 Å². The number of nitrogens with two attached hydrogens (primary N) is 1. The van der Waals surface area contributed by atoms with Gasteiger partial charge in [0, 0.05) is 22.2 Å². The van der Waals surface area contributed by atoms with Crippen LogP contribution in [0.1, 0.15) is 18.9 Å². The summed E-state index contributed by atoms with van der Waals surface area (Å²) in [5, 5.41) is 19.6. The summed E-state index contributed by atoms with van der Waals surface area (Å²) in [6.45, 7) is 1.80. The molecule has 0 atom stereocenters. The number of benzene rings is 1. The molecule has 0 unspecified atom stereocenters. The Kier molecular flexibility index (Phi) is 4.24. The molecule has 0 radical (unpaired) electrons. The van der Waals surface area contributed by atoms with Gasteiger partial charge in [0.1, 0.15) is 0 Å². The summed E-state index contributed by atoms with van der Waals surface area (Å²) >= 11 is 3.18. The fraction of sp³-hybridized carbons (Fsp3) is 0.182. The van der Waals surface area contributed by atoms with E-state index in [-0.39, 0.29) is 11.4 Å². The van der Waals surface area contributed by atoms with E-state index in [0.29, 0.717) is 22.0 Å². The molecule has 17 heavy (non-hydrogen) atoms. The van der Waals surface area contributed by atoms with Gasteiger partial charge in [-0.05, 0) is 12.5 Å². The van der Waals surface area contributed by atoms with E-state index in [1.54, 1.807) is 13.0 Å². The van der Waals surface area contributed by atoms with Gasteiger partial charge >= 0.3 is 0 Å². The number of nitro benzene ring substituents is 1. The number of nitriles is 1. The van der Waals surface area contributed by atoms with E-state index in [1.165, 1.54) is 12.1 Å². The molecule has 88 valence electrons. The first-order valence-electron chi connectivity index (χ1n) is 4.83. The molecule has 0 aliphatic carbocycles. The molecule has 0 aliphatic heterocycles. The molecule has 1 aromatic rings. The van der Waals surface area contributed by atoms with Crippen molar-refractivity contribution >= 4 is 27.3 Å². The van der Waals surface area contributed by atoms with Crippen molar-refractivity contribution in [3.05, 3.63) is 43.9 Å². The summed E-state index contributed by atoms with van der Waals surface area (Å²) in [4.78, 5) is 10.2. The maximum absolute atomic E-state index is 10.7. The molecule has 0 aromatic heterocycles. The molecule has 2 N–H and O–H groups in total. The standard InChI is InChI=1S/C11H10BrN3O2/c1-2-7(6-13)11(14)8-3-9(12)5-10(4-8)15(16)17/h3-5H,2,14H2,1H3/b11-7-. The second kappa shape index (κ2) is 5.46. The normalized spacial score (nSPS) is 11.6. The van der Waals surface area contributed by atoms with E-state index in [2.05, 4.69) is 15.9 Å². The van der Waals surface area contributed by atoms with Crippen molar-refractivity contribution < 1.29 is 4.92 Å². The number of non-ortho nitro benzene ring substituents is 1. The van der Waals surface area contributed by atoms with E-state index in [9.17, 15) is 10.1 Å². The second-order valence-electron chi connectivity index (χ2n) is 3.31. The third-order valence-corrected chi connectivity index (χ3v) is 2.68. The maximum atomic E-state index is 10.7. The van der Waals surface area contributed by atoms with Crippen molar-refractivity contribution in [2.75, 3.05) is 0 Å². The van der Waals surface area contributed by atoms with Gasteiger partial charge in [-0.3, -0.25) is 10.1 Å². The first-order valence-corrected chi connectivity index (χ1v) is 5.63. The van der Waals surface area contributed by atoms with Crippen LogP contribution in [0.4, 0.5) is 5.69 Å². The molecule has 1 aromatic carbocycles. The average Bonchev–Trinajstić information content (AvgIpc) is 2.29. The number of nitro groups is 1. The highest BCUT2D eigenvalue weighted by atomic mass is 79.9. The van der Waals surface area contributed by atoms with Crippen molar-refractivity contribution in [2.24, 2.45) is 5.73 Å². The van der Waals surface area contributed by atoms with Crippen LogP contribution in [0.5, 0.6) is 0 Å². The lowest BCUT2D eigenvalue weighted by Gasteiger charge is -2.05. The van der Waals surface area contributed by atoms with Gasteiger partial charge < -0.3 is 5.73 Å². The molecular formula is C11H10BrN3O2. The van der Waals surface area contributed by atoms with Gasteiger partial charge in [0.15, 0.2) is 0 Å². The third-order valence-electron chi connectivity index (χ3n) is 2.22. The second-order valence-corrected chi connectivity index (χ2v) is 4.23. The van der Waals surface area contributed by atoms with E-state index >= 15 is 0 Å². The Morgan fingerprint density at radius 2 is 2.24 bits per heavy atom. The highest BCUT2D eigenvalue weighted by molar-refractivity contribution is 9.10. The van der Waals surface area contributed by atoms with Gasteiger partial charge in [-0.1, -0.05) is 22.9 Å². The van der Waals surface area contributed by atoms with Crippen molar-refractivity contribution in [3.63, 3.8) is 0 Å². The van der Waals surface area contributed by atoms with Gasteiger partial charge in [-0.2, -0.15) is 5.26 Å². The predicted molar refractivity (Wildman–Crippen MR) is 67.8 cm³/mol. The summed E-state index contributed by atoms with van der Waals surface area (Å²) in [6, 6.07) is 6.37. The zero-order valence-electron chi connectivity index (χ0n) is 9.11. The molecule has 0 saturated heterocycles. The van der Waals surface area contributed by atoms with Crippen LogP contribution in [0, 0.1) is 21.4 Å². The van der Waals surface area contributed by atoms with Gasteiger partial charge in [0.05, 0.1) is 22.3 Å². The number of nitrogens with zero attached hydrogens (tertiary/aromatic N) is 2. The Morgan fingerprint density at radius 3 is 2.71 bits per heavy atom. The van der Waals surface area contributed by atoms with E-state index < -0.39 is 4.92 Å². The largest absolute Gasteiger partial charge is 0.397 e. The van der Waals surface area contributed by atoms with Crippen LogP contribution < -0.4 is 5.73 Å². The highest BCUT2D eigenvalue weighted by Crippen LogP contribution is 2.25. The maximum Gasteiger partial charge on any atom is 0.271 e. The minimum atomic E-state index is -0.500. The number of rotatable bonds is 3. The Bertz CT molecular complexity index is 532. The minimum Gasteiger partial charge on any atom is -0.397 e. The first kappa shape index (κ1) is 13.2. The molecule has 0 aliphatic rings. The summed E-state index contributed by atoms with van der Waals surface area (Å²) in [6.07, 6.45) is 0.489. The topological polar surface area (TPSA) is 93.0 Å². The Hall–Kier alpha value is -1.87. The van der Waals surface area contributed by atoms with Crippen molar-refractivity contribution in [1.29, 1.82) is 5.26 Å². The van der Waals surface area contributed by atoms with Crippen LogP contribution >= 0.6 is 15.9 Å². The van der Waals surface area contributed by atoms with E-state index in [0.717, 1.165) is 0 Å². The Balaban J connectivity index is 3.38. The van der Waals surface area contributed by atoms with Crippen LogP contribution in [0.15, 0.2) is 28.2 Å². The summed E-state index contributed by atoms with van der Waals surface area (Å²) in [5.74, 6) is 0. The van der Waals surface area contributed by atoms with Crippen molar-refractivity contribution in [2.45, 2.75) is 13.3 Å². The zero-order chi connectivity index (χ0) is 13.0. The molecule has 1 rings (SSSR count). The fourth-order valence-corrected chi connectivity index (χ4v) is 1.82. The van der Waals surface area contributed by atoms with E-state index in [4.69, 9.17) is 11.0 Å². The smallest absolute Gasteiger partial charge is 0.271 e. The number of halogens is 1.